The summed E-state index contributed by atoms with van der Waals surface area (Å²) in [5, 5.41) is 10.6. The molecule has 24 heavy (non-hydrogen) atoms. The summed E-state index contributed by atoms with van der Waals surface area (Å²) in [6.45, 7) is 0.581. The van der Waals surface area contributed by atoms with E-state index in [9.17, 15) is 9.90 Å². The Morgan fingerprint density at radius 2 is 2.12 bits per heavy atom. The zero-order valence-electron chi connectivity index (χ0n) is 13.7. The van der Waals surface area contributed by atoms with Crippen LogP contribution in [0.3, 0.4) is 0 Å². The number of methoxy groups -OCH3 is 2. The molecule has 1 heterocycles. The molecule has 132 valence electrons. The topological polar surface area (TPSA) is 59.0 Å². The number of likely N-dealkylation sites (tertiary alicyclic amines) is 1. The minimum atomic E-state index is -0.915. The Kier molecular flexibility index (Phi) is 4.73. The molecular weight excluding hydrogens is 353 g/mol. The summed E-state index contributed by atoms with van der Waals surface area (Å²) in [5.41, 5.74) is -0.0734. The van der Waals surface area contributed by atoms with Gasteiger partial charge in [-0.25, -0.2) is 4.79 Å². The second kappa shape index (κ2) is 6.37. The molecule has 0 spiro atoms. The third-order valence-corrected chi connectivity index (χ3v) is 6.45. The van der Waals surface area contributed by atoms with Crippen LogP contribution in [0.25, 0.3) is 0 Å². The molecule has 2 aliphatic rings. The Labute approximate surface area is 151 Å². The standard InChI is InChI=1S/C17H21Cl2NO4/c1-23-10-17(24-2)9-20(15(21)22)12-5-6-16(17,8-12)11-3-4-13(18)14(19)7-11/h3-4,7,12H,5-6,8-10H2,1-2H3,(H,21,22)/t12-,16+,17-/m1/s1. The Hall–Kier alpha value is -1.01. The van der Waals surface area contributed by atoms with E-state index < -0.39 is 11.7 Å². The van der Waals surface area contributed by atoms with E-state index in [1.54, 1.807) is 20.3 Å². The van der Waals surface area contributed by atoms with Crippen LogP contribution < -0.4 is 0 Å². The van der Waals surface area contributed by atoms with Crippen molar-refractivity contribution in [2.75, 3.05) is 27.4 Å². The Morgan fingerprint density at radius 1 is 1.38 bits per heavy atom. The lowest BCUT2D eigenvalue weighted by Crippen LogP contribution is -2.65. The lowest BCUT2D eigenvalue weighted by Gasteiger charge is -2.53. The molecule has 3 rings (SSSR count). The summed E-state index contributed by atoms with van der Waals surface area (Å²) in [5.74, 6) is 0. The number of halogens is 2. The van der Waals surface area contributed by atoms with E-state index in [1.165, 1.54) is 4.90 Å². The molecule has 1 saturated heterocycles. The molecule has 3 atom stereocenters. The molecule has 5 nitrogen and oxygen atoms in total. The number of carboxylic acid groups (broad SMARTS) is 1. The molecule has 1 amide bonds. The van der Waals surface area contributed by atoms with E-state index in [4.69, 9.17) is 32.7 Å². The van der Waals surface area contributed by atoms with E-state index in [1.807, 2.05) is 12.1 Å². The molecule has 1 aromatic carbocycles. The Bertz CT molecular complexity index is 655. The highest BCUT2D eigenvalue weighted by molar-refractivity contribution is 6.42. The highest BCUT2D eigenvalue weighted by atomic mass is 35.5. The summed E-state index contributed by atoms with van der Waals surface area (Å²) in [6.07, 6.45) is 1.38. The van der Waals surface area contributed by atoms with Gasteiger partial charge in [-0.3, -0.25) is 0 Å². The molecule has 1 aromatic rings. The largest absolute Gasteiger partial charge is 0.465 e. The molecule has 7 heteroatoms. The number of nitrogens with zero attached hydrogens (tertiary/aromatic N) is 1. The predicted octanol–water partition coefficient (Wildman–Crippen LogP) is 3.81. The molecule has 0 unspecified atom stereocenters. The van der Waals surface area contributed by atoms with Crippen molar-refractivity contribution in [2.24, 2.45) is 0 Å². The maximum absolute atomic E-state index is 11.7. The summed E-state index contributed by atoms with van der Waals surface area (Å²) >= 11 is 12.3. The van der Waals surface area contributed by atoms with Crippen molar-refractivity contribution in [3.63, 3.8) is 0 Å². The smallest absolute Gasteiger partial charge is 0.407 e. The van der Waals surface area contributed by atoms with E-state index >= 15 is 0 Å². The van der Waals surface area contributed by atoms with Gasteiger partial charge in [-0.15, -0.1) is 0 Å². The maximum Gasteiger partial charge on any atom is 0.407 e. The van der Waals surface area contributed by atoms with Crippen LogP contribution in [-0.2, 0) is 14.9 Å². The quantitative estimate of drug-likeness (QED) is 0.871. The number of hydrogen-bond acceptors (Lipinski definition) is 3. The first-order chi connectivity index (χ1) is 11.4. The van der Waals surface area contributed by atoms with Crippen LogP contribution in [0.4, 0.5) is 4.79 Å². The van der Waals surface area contributed by atoms with Crippen molar-refractivity contribution in [3.05, 3.63) is 33.8 Å². The first kappa shape index (κ1) is 17.8. The highest BCUT2D eigenvalue weighted by Crippen LogP contribution is 2.55. The van der Waals surface area contributed by atoms with Gasteiger partial charge >= 0.3 is 6.09 Å². The molecular formula is C17H21Cl2NO4. The minimum absolute atomic E-state index is 0.0166. The van der Waals surface area contributed by atoms with Gasteiger partial charge in [-0.2, -0.15) is 0 Å². The third-order valence-electron chi connectivity index (χ3n) is 5.71. The van der Waals surface area contributed by atoms with Crippen LogP contribution in [0.2, 0.25) is 10.0 Å². The van der Waals surface area contributed by atoms with Gasteiger partial charge in [0.25, 0.3) is 0 Å². The molecule has 0 aromatic heterocycles. The van der Waals surface area contributed by atoms with Crippen LogP contribution in [0.15, 0.2) is 18.2 Å². The van der Waals surface area contributed by atoms with Gasteiger partial charge in [-0.1, -0.05) is 29.3 Å². The lowest BCUT2D eigenvalue weighted by atomic mass is 9.64. The van der Waals surface area contributed by atoms with Crippen molar-refractivity contribution >= 4 is 29.3 Å². The van der Waals surface area contributed by atoms with Gasteiger partial charge < -0.3 is 19.5 Å². The average molecular weight is 374 g/mol. The summed E-state index contributed by atoms with van der Waals surface area (Å²) in [7, 11) is 3.23. The summed E-state index contributed by atoms with van der Waals surface area (Å²) in [4.78, 5) is 13.2. The van der Waals surface area contributed by atoms with E-state index in [0.717, 1.165) is 18.4 Å². The molecule has 2 fully saturated rings. The van der Waals surface area contributed by atoms with Gasteiger partial charge in [0.1, 0.15) is 5.60 Å². The molecule has 1 aliphatic carbocycles. The van der Waals surface area contributed by atoms with Crippen LogP contribution >= 0.6 is 23.2 Å². The van der Waals surface area contributed by atoms with E-state index in [2.05, 4.69) is 0 Å². The second-order valence-corrected chi connectivity index (χ2v) is 7.46. The number of hydrogen-bond donors (Lipinski definition) is 1. The Morgan fingerprint density at radius 3 is 2.71 bits per heavy atom. The first-order valence-corrected chi connectivity index (χ1v) is 8.64. The molecule has 1 aliphatic heterocycles. The monoisotopic (exact) mass is 373 g/mol. The number of benzene rings is 1. The SMILES string of the molecule is COC[C@]1(OC)CN(C(=O)O)[C@@H]2CC[C@@]1(c1ccc(Cl)c(Cl)c1)C2. The van der Waals surface area contributed by atoms with Crippen LogP contribution in [-0.4, -0.2) is 55.1 Å². The van der Waals surface area contributed by atoms with E-state index in [-0.39, 0.29) is 18.0 Å². The fourth-order valence-corrected chi connectivity index (χ4v) is 4.83. The summed E-state index contributed by atoms with van der Waals surface area (Å²) < 4.78 is 11.4. The van der Waals surface area contributed by atoms with Gasteiger partial charge in [0.2, 0.25) is 0 Å². The number of carbonyl (C=O) groups is 1. The highest BCUT2D eigenvalue weighted by Gasteiger charge is 2.62. The fourth-order valence-electron chi connectivity index (χ4n) is 4.53. The third kappa shape index (κ3) is 2.49. The van der Waals surface area contributed by atoms with Crippen molar-refractivity contribution in [2.45, 2.75) is 36.3 Å². The van der Waals surface area contributed by atoms with Crippen molar-refractivity contribution in [3.8, 4) is 0 Å². The van der Waals surface area contributed by atoms with Gasteiger partial charge in [-0.05, 0) is 37.0 Å². The zero-order chi connectivity index (χ0) is 17.5. The normalized spacial score (nSPS) is 32.2. The zero-order valence-corrected chi connectivity index (χ0v) is 15.2. The second-order valence-electron chi connectivity index (χ2n) is 6.65. The lowest BCUT2D eigenvalue weighted by molar-refractivity contribution is -0.144. The van der Waals surface area contributed by atoms with E-state index in [0.29, 0.717) is 23.1 Å². The number of ether oxygens (including phenoxy) is 2. The first-order valence-electron chi connectivity index (χ1n) is 7.88. The predicted molar refractivity (Wildman–Crippen MR) is 92.1 cm³/mol. The van der Waals surface area contributed by atoms with Crippen molar-refractivity contribution < 1.29 is 19.4 Å². The summed E-state index contributed by atoms with van der Waals surface area (Å²) in [6, 6.07) is 5.62. The van der Waals surface area contributed by atoms with Gasteiger partial charge in [0.15, 0.2) is 0 Å². The maximum atomic E-state index is 11.7. The average Bonchev–Trinajstić information content (AvgIpc) is 2.95. The van der Waals surface area contributed by atoms with Crippen LogP contribution in [0.1, 0.15) is 24.8 Å². The van der Waals surface area contributed by atoms with Crippen LogP contribution in [0.5, 0.6) is 0 Å². The van der Waals surface area contributed by atoms with Gasteiger partial charge in [0, 0.05) is 25.7 Å². The van der Waals surface area contributed by atoms with Gasteiger partial charge in [0.05, 0.1) is 23.2 Å². The molecule has 0 radical (unpaired) electrons. The number of rotatable bonds is 4. The number of fused-ring (bicyclic) bond motifs is 2. The fraction of sp³-hybridized carbons (Fsp3) is 0.588. The number of amides is 1. The Balaban J connectivity index is 2.13. The van der Waals surface area contributed by atoms with Crippen molar-refractivity contribution in [1.82, 2.24) is 4.90 Å². The molecule has 1 N–H and O–H groups in total. The van der Waals surface area contributed by atoms with Crippen LogP contribution in [0, 0.1) is 0 Å². The molecule has 1 saturated carbocycles. The number of piperidine rings is 1. The molecule has 2 bridgehead atoms. The van der Waals surface area contributed by atoms with Crippen molar-refractivity contribution in [1.29, 1.82) is 0 Å². The minimum Gasteiger partial charge on any atom is -0.465 e.